The molecule has 1 saturated heterocycles. The second-order valence-corrected chi connectivity index (χ2v) is 10.1. The molecule has 0 spiro atoms. The summed E-state index contributed by atoms with van der Waals surface area (Å²) in [5, 5.41) is 3.97. The third-order valence-electron chi connectivity index (χ3n) is 7.42. The molecular weight excluding hydrogens is 543 g/mol. The number of amides is 1. The molecule has 0 unspecified atom stereocenters. The van der Waals surface area contributed by atoms with E-state index in [4.69, 9.17) is 9.47 Å². The van der Waals surface area contributed by atoms with E-state index in [2.05, 4.69) is 10.2 Å². The van der Waals surface area contributed by atoms with Crippen LogP contribution in [0.1, 0.15) is 21.5 Å². The van der Waals surface area contributed by atoms with Gasteiger partial charge in [-0.2, -0.15) is 0 Å². The van der Waals surface area contributed by atoms with Crippen LogP contribution in [0.3, 0.4) is 0 Å². The molecule has 10 nitrogen and oxygen atoms in total. The molecule has 2 heterocycles. The molecule has 11 heteroatoms. The van der Waals surface area contributed by atoms with Crippen LogP contribution in [0.2, 0.25) is 0 Å². The smallest absolute Gasteiger partial charge is 0.335 e. The predicted octanol–water partition coefficient (Wildman–Crippen LogP) is 2.17. The summed E-state index contributed by atoms with van der Waals surface area (Å²) in [5.41, 5.74) is 0.442. The number of rotatable bonds is 8. The van der Waals surface area contributed by atoms with Gasteiger partial charge in [0.2, 0.25) is 0 Å². The number of morpholine rings is 1. The SMILES string of the molecule is COC(=O)[C@H](Cc1cccc2c(-n3c(=O)ccn(C)c3=O)cccc12)NC(=O)c1c(F)cccc1CN1CCOCC1. The van der Waals surface area contributed by atoms with Crippen LogP contribution >= 0.6 is 0 Å². The van der Waals surface area contributed by atoms with Crippen molar-refractivity contribution in [3.63, 3.8) is 0 Å². The van der Waals surface area contributed by atoms with Crippen LogP contribution in [0.4, 0.5) is 4.39 Å². The van der Waals surface area contributed by atoms with Crippen LogP contribution in [-0.4, -0.2) is 65.4 Å². The molecule has 1 fully saturated rings. The number of esters is 1. The lowest BCUT2D eigenvalue weighted by atomic mass is 9.97. The summed E-state index contributed by atoms with van der Waals surface area (Å²) in [6.07, 6.45) is 1.43. The quantitative estimate of drug-likeness (QED) is 0.321. The zero-order valence-corrected chi connectivity index (χ0v) is 23.3. The molecule has 218 valence electrons. The number of fused-ring (bicyclic) bond motifs is 1. The van der Waals surface area contributed by atoms with Gasteiger partial charge in [-0.1, -0.05) is 42.5 Å². The lowest BCUT2D eigenvalue weighted by Gasteiger charge is -2.27. The molecule has 1 atom stereocenters. The van der Waals surface area contributed by atoms with E-state index in [1.54, 1.807) is 55.6 Å². The highest BCUT2D eigenvalue weighted by molar-refractivity contribution is 5.99. The van der Waals surface area contributed by atoms with Crippen LogP contribution in [0.15, 0.2) is 76.4 Å². The predicted molar refractivity (Wildman–Crippen MR) is 154 cm³/mol. The highest BCUT2D eigenvalue weighted by atomic mass is 19.1. The van der Waals surface area contributed by atoms with E-state index < -0.39 is 35.0 Å². The number of carbonyl (C=O) groups is 2. The second kappa shape index (κ2) is 12.5. The van der Waals surface area contributed by atoms with Crippen molar-refractivity contribution >= 4 is 22.6 Å². The molecule has 0 saturated carbocycles. The van der Waals surface area contributed by atoms with Crippen molar-refractivity contribution in [3.8, 4) is 5.69 Å². The first kappa shape index (κ1) is 28.9. The molecular formula is C31H31FN4O6. The standard InChI is InChI=1S/C31H31FN4O6/c1-34-13-12-27(37)36(31(34)40)26-11-5-8-22-20(6-3-9-23(22)26)18-25(30(39)41-2)33-29(38)28-21(7-4-10-24(28)32)19-35-14-16-42-17-15-35/h3-13,25H,14-19H2,1-2H3,(H,33,38)/t25-/m0/s1. The molecule has 1 N–H and O–H groups in total. The van der Waals surface area contributed by atoms with Crippen molar-refractivity contribution in [1.29, 1.82) is 0 Å². The minimum absolute atomic E-state index is 0.0220. The maximum absolute atomic E-state index is 15.0. The lowest BCUT2D eigenvalue weighted by Crippen LogP contribution is -2.44. The monoisotopic (exact) mass is 574 g/mol. The zero-order valence-electron chi connectivity index (χ0n) is 23.3. The minimum Gasteiger partial charge on any atom is -0.467 e. The number of aryl methyl sites for hydroxylation is 1. The van der Waals surface area contributed by atoms with Crippen LogP contribution in [0, 0.1) is 5.82 Å². The summed E-state index contributed by atoms with van der Waals surface area (Å²) in [6.45, 7) is 2.79. The lowest BCUT2D eigenvalue weighted by molar-refractivity contribution is -0.142. The van der Waals surface area contributed by atoms with Crippen LogP contribution < -0.4 is 16.6 Å². The van der Waals surface area contributed by atoms with Crippen molar-refractivity contribution in [1.82, 2.24) is 19.4 Å². The van der Waals surface area contributed by atoms with Crippen molar-refractivity contribution < 1.29 is 23.5 Å². The van der Waals surface area contributed by atoms with Gasteiger partial charge in [-0.25, -0.2) is 18.5 Å². The molecule has 1 aromatic heterocycles. The van der Waals surface area contributed by atoms with Gasteiger partial charge >= 0.3 is 11.7 Å². The fourth-order valence-corrected chi connectivity index (χ4v) is 5.26. The highest BCUT2D eigenvalue weighted by Crippen LogP contribution is 2.26. The Labute approximate surface area is 240 Å². The Morgan fingerprint density at radius 2 is 1.67 bits per heavy atom. The molecule has 0 radical (unpaired) electrons. The number of carbonyl (C=O) groups excluding carboxylic acids is 2. The number of halogens is 1. The Bertz CT molecular complexity index is 1760. The van der Waals surface area contributed by atoms with Gasteiger partial charge in [0.05, 0.1) is 31.6 Å². The van der Waals surface area contributed by atoms with Crippen molar-refractivity contribution in [2.24, 2.45) is 7.05 Å². The molecule has 4 aromatic rings. The normalized spacial score (nSPS) is 14.5. The Kier molecular flexibility index (Phi) is 8.60. The van der Waals surface area contributed by atoms with Gasteiger partial charge in [0.1, 0.15) is 11.9 Å². The number of nitrogens with zero attached hydrogens (tertiary/aromatic N) is 3. The van der Waals surface area contributed by atoms with Crippen LogP contribution in [0.5, 0.6) is 0 Å². The number of methoxy groups -OCH3 is 1. The number of ether oxygens (including phenoxy) is 2. The van der Waals surface area contributed by atoms with Crippen LogP contribution in [-0.2, 0) is 34.3 Å². The molecule has 1 amide bonds. The molecule has 42 heavy (non-hydrogen) atoms. The summed E-state index contributed by atoms with van der Waals surface area (Å²) in [7, 11) is 2.77. The molecule has 1 aliphatic rings. The van der Waals surface area contributed by atoms with E-state index >= 15 is 4.39 Å². The number of benzene rings is 3. The van der Waals surface area contributed by atoms with Gasteiger partial charge in [0.15, 0.2) is 0 Å². The average Bonchev–Trinajstić information content (AvgIpc) is 2.99. The molecule has 3 aromatic carbocycles. The molecule has 5 rings (SSSR count). The third kappa shape index (κ3) is 5.88. The Morgan fingerprint density at radius 1 is 0.976 bits per heavy atom. The van der Waals surface area contributed by atoms with Crippen molar-refractivity contribution in [3.05, 3.63) is 110 Å². The zero-order chi connectivity index (χ0) is 29.8. The summed E-state index contributed by atoms with van der Waals surface area (Å²) in [5.74, 6) is -2.12. The minimum atomic E-state index is -1.14. The van der Waals surface area contributed by atoms with Gasteiger partial charge in [0, 0.05) is 50.8 Å². The number of aromatic nitrogens is 2. The second-order valence-electron chi connectivity index (χ2n) is 10.1. The maximum atomic E-state index is 15.0. The summed E-state index contributed by atoms with van der Waals surface area (Å²) < 4.78 is 27.8. The van der Waals surface area contributed by atoms with E-state index in [9.17, 15) is 19.2 Å². The maximum Gasteiger partial charge on any atom is 0.335 e. The van der Waals surface area contributed by atoms with Gasteiger partial charge in [-0.15, -0.1) is 0 Å². The number of hydrogen-bond acceptors (Lipinski definition) is 7. The first-order valence-corrected chi connectivity index (χ1v) is 13.5. The first-order valence-electron chi connectivity index (χ1n) is 13.5. The van der Waals surface area contributed by atoms with Gasteiger partial charge in [-0.3, -0.25) is 14.5 Å². The van der Waals surface area contributed by atoms with Gasteiger partial charge in [0.25, 0.3) is 11.5 Å². The topological polar surface area (TPSA) is 112 Å². The fourth-order valence-electron chi connectivity index (χ4n) is 5.26. The van der Waals surface area contributed by atoms with E-state index in [1.165, 1.54) is 30.0 Å². The van der Waals surface area contributed by atoms with E-state index in [0.717, 1.165) is 4.57 Å². The third-order valence-corrected chi connectivity index (χ3v) is 7.42. The van der Waals surface area contributed by atoms with Crippen LogP contribution in [0.25, 0.3) is 16.5 Å². The first-order chi connectivity index (χ1) is 20.3. The van der Waals surface area contributed by atoms with Crippen molar-refractivity contribution in [2.75, 3.05) is 33.4 Å². The van der Waals surface area contributed by atoms with Gasteiger partial charge in [-0.05, 0) is 28.6 Å². The van der Waals surface area contributed by atoms with E-state index in [1.807, 2.05) is 0 Å². The molecule has 0 aliphatic carbocycles. The Morgan fingerprint density at radius 3 is 2.43 bits per heavy atom. The Balaban J connectivity index is 1.48. The Hall–Kier alpha value is -4.61. The summed E-state index contributed by atoms with van der Waals surface area (Å²) in [4.78, 5) is 53.9. The van der Waals surface area contributed by atoms with E-state index in [0.29, 0.717) is 60.4 Å². The summed E-state index contributed by atoms with van der Waals surface area (Å²) in [6, 6.07) is 15.1. The van der Waals surface area contributed by atoms with Crippen molar-refractivity contribution in [2.45, 2.75) is 19.0 Å². The largest absolute Gasteiger partial charge is 0.467 e. The number of hydrogen-bond donors (Lipinski definition) is 1. The number of nitrogens with one attached hydrogen (secondary N) is 1. The van der Waals surface area contributed by atoms with E-state index in [-0.39, 0.29) is 12.0 Å². The van der Waals surface area contributed by atoms with Gasteiger partial charge < -0.3 is 19.4 Å². The molecule has 1 aliphatic heterocycles. The average molecular weight is 575 g/mol. The fraction of sp³-hybridized carbons (Fsp3) is 0.290. The summed E-state index contributed by atoms with van der Waals surface area (Å²) >= 11 is 0. The highest BCUT2D eigenvalue weighted by Gasteiger charge is 2.27. The molecule has 0 bridgehead atoms.